The molecule has 49 heavy (non-hydrogen) atoms. The summed E-state index contributed by atoms with van der Waals surface area (Å²) < 4.78 is 33.6. The third kappa shape index (κ3) is 14.3. The smallest absolute Gasteiger partial charge is 0.305 e. The number of rotatable bonds is 19. The second kappa shape index (κ2) is 19.9. The van der Waals surface area contributed by atoms with Crippen molar-refractivity contribution in [1.29, 1.82) is 0 Å². The molecule has 0 bridgehead atoms. The number of hydrogen-bond donors (Lipinski definition) is 4. The Balaban J connectivity index is 1.41. The minimum Gasteiger partial charge on any atom is -0.481 e. The first-order valence-corrected chi connectivity index (χ1v) is 17.1. The molecule has 9 atom stereocenters. The van der Waals surface area contributed by atoms with Gasteiger partial charge in [-0.05, 0) is 45.6 Å². The van der Waals surface area contributed by atoms with E-state index in [1.807, 2.05) is 26.0 Å². The van der Waals surface area contributed by atoms with Gasteiger partial charge in [-0.3, -0.25) is 19.2 Å². The van der Waals surface area contributed by atoms with Crippen LogP contribution in [0.3, 0.4) is 0 Å². The number of ether oxygens (including phenoxy) is 6. The van der Waals surface area contributed by atoms with Crippen LogP contribution in [0.4, 0.5) is 0 Å². The largest absolute Gasteiger partial charge is 0.481 e. The van der Waals surface area contributed by atoms with Crippen molar-refractivity contribution in [2.75, 3.05) is 39.6 Å². The first-order chi connectivity index (χ1) is 23.3. The molecule has 3 fully saturated rings. The standard InChI is InChI=1S/C35H54N2O12/c1-22(6-9-29-23(2)18-28(25(4)48-29)37-31(39)11-8-24(3)47-26(5)38)7-10-30-34(43)35(21-46-35)20-27(49-30)19-32(40)36-13-15-45-17-16-44-14-12-33(41)42/h6-8,10-11,23-25,27-30,34,43H,9,12-21H2,1-5H3,(H,36,40)(H,37,39)(H,41,42)/b10-7+,11-8-,22-6+/t23-,24-,25+,27+,28+,29-,30+,34+,35+/m0/s1. The molecule has 0 radical (unpaired) electrons. The van der Waals surface area contributed by atoms with Gasteiger partial charge < -0.3 is 49.3 Å². The van der Waals surface area contributed by atoms with E-state index in [1.165, 1.54) is 13.0 Å². The Morgan fingerprint density at radius 1 is 1.04 bits per heavy atom. The summed E-state index contributed by atoms with van der Waals surface area (Å²) in [5.41, 5.74) is 0.267. The van der Waals surface area contributed by atoms with Crippen LogP contribution < -0.4 is 10.6 Å². The summed E-state index contributed by atoms with van der Waals surface area (Å²) in [6.07, 6.45) is 8.00. The fourth-order valence-electron chi connectivity index (χ4n) is 5.91. The van der Waals surface area contributed by atoms with E-state index in [2.05, 4.69) is 23.6 Å². The molecule has 14 nitrogen and oxygen atoms in total. The highest BCUT2D eigenvalue weighted by molar-refractivity contribution is 5.87. The third-order valence-electron chi connectivity index (χ3n) is 8.74. The Labute approximate surface area is 288 Å². The number of aliphatic hydroxyl groups excluding tert-OH is 1. The van der Waals surface area contributed by atoms with Crippen LogP contribution in [0, 0.1) is 5.92 Å². The summed E-state index contributed by atoms with van der Waals surface area (Å²) in [5.74, 6) is -1.59. The summed E-state index contributed by atoms with van der Waals surface area (Å²) in [4.78, 5) is 46.5. The SMILES string of the molecule is CC(=O)O[C@@H](C)/C=C\C(=O)N[C@@H]1C[C@H](C)[C@H](C/C=C(C)/C=C/[C@H]2O[C@H](CC(=O)NCCOCCOCCC(=O)O)C[C@@]3(CO3)[C@@H]2O)O[C@@H]1C. The zero-order chi connectivity index (χ0) is 36.0. The lowest BCUT2D eigenvalue weighted by Crippen LogP contribution is -2.51. The van der Waals surface area contributed by atoms with Crippen molar-refractivity contribution in [2.24, 2.45) is 5.92 Å². The van der Waals surface area contributed by atoms with Gasteiger partial charge in [-0.1, -0.05) is 30.7 Å². The number of esters is 1. The molecule has 4 N–H and O–H groups in total. The van der Waals surface area contributed by atoms with E-state index in [4.69, 9.17) is 33.5 Å². The number of carboxylic acids is 1. The molecule has 3 heterocycles. The Morgan fingerprint density at radius 3 is 2.43 bits per heavy atom. The van der Waals surface area contributed by atoms with E-state index in [1.54, 1.807) is 13.0 Å². The summed E-state index contributed by atoms with van der Waals surface area (Å²) in [7, 11) is 0. The minimum atomic E-state index is -0.916. The van der Waals surface area contributed by atoms with Crippen LogP contribution in [0.5, 0.6) is 0 Å². The normalized spacial score (nSPS) is 30.7. The van der Waals surface area contributed by atoms with Gasteiger partial charge in [-0.15, -0.1) is 0 Å². The van der Waals surface area contributed by atoms with Crippen molar-refractivity contribution in [2.45, 2.75) is 115 Å². The van der Waals surface area contributed by atoms with Gasteiger partial charge in [0.1, 0.15) is 23.9 Å². The van der Waals surface area contributed by atoms with Crippen LogP contribution in [0.25, 0.3) is 0 Å². The molecule has 2 amide bonds. The number of carbonyl (C=O) groups is 4. The van der Waals surface area contributed by atoms with Crippen LogP contribution in [-0.4, -0.2) is 122 Å². The predicted octanol–water partition coefficient (Wildman–Crippen LogP) is 1.99. The highest BCUT2D eigenvalue weighted by Gasteiger charge is 2.58. The van der Waals surface area contributed by atoms with E-state index in [9.17, 15) is 24.3 Å². The maximum Gasteiger partial charge on any atom is 0.305 e. The predicted molar refractivity (Wildman–Crippen MR) is 177 cm³/mol. The molecule has 3 aliphatic heterocycles. The van der Waals surface area contributed by atoms with Crippen LogP contribution in [-0.2, 0) is 47.6 Å². The zero-order valence-corrected chi connectivity index (χ0v) is 29.3. The van der Waals surface area contributed by atoms with E-state index in [0.29, 0.717) is 39.2 Å². The number of epoxide rings is 1. The fourth-order valence-corrected chi connectivity index (χ4v) is 5.91. The fraction of sp³-hybridized carbons (Fsp3) is 0.714. The molecule has 3 rings (SSSR count). The van der Waals surface area contributed by atoms with Gasteiger partial charge in [-0.2, -0.15) is 0 Å². The van der Waals surface area contributed by atoms with E-state index in [0.717, 1.165) is 12.0 Å². The topological polar surface area (TPSA) is 191 Å². The molecule has 0 aliphatic carbocycles. The Morgan fingerprint density at radius 2 is 1.76 bits per heavy atom. The molecule has 0 unspecified atom stereocenters. The highest BCUT2D eigenvalue weighted by Crippen LogP contribution is 2.43. The summed E-state index contributed by atoms with van der Waals surface area (Å²) in [5, 5.41) is 25.3. The van der Waals surface area contributed by atoms with Crippen molar-refractivity contribution in [3.63, 3.8) is 0 Å². The van der Waals surface area contributed by atoms with Crippen molar-refractivity contribution in [1.82, 2.24) is 10.6 Å². The monoisotopic (exact) mass is 694 g/mol. The molecular weight excluding hydrogens is 640 g/mol. The van der Waals surface area contributed by atoms with Crippen LogP contribution in [0.15, 0.2) is 36.0 Å². The first kappa shape index (κ1) is 40.3. The van der Waals surface area contributed by atoms with Gasteiger partial charge in [0, 0.05) is 26.0 Å². The number of allylic oxidation sites excluding steroid dienone is 2. The number of hydrogen-bond acceptors (Lipinski definition) is 11. The van der Waals surface area contributed by atoms with Crippen molar-refractivity contribution in [3.8, 4) is 0 Å². The third-order valence-corrected chi connectivity index (χ3v) is 8.74. The number of nitrogens with one attached hydrogen (secondary N) is 2. The molecule has 0 aromatic rings. The van der Waals surface area contributed by atoms with Crippen LogP contribution >= 0.6 is 0 Å². The maximum atomic E-state index is 12.6. The molecule has 0 aromatic carbocycles. The second-order valence-corrected chi connectivity index (χ2v) is 13.1. The molecule has 14 heteroatoms. The number of aliphatic carboxylic acids is 1. The number of aliphatic hydroxyl groups is 1. The van der Waals surface area contributed by atoms with Gasteiger partial charge in [0.2, 0.25) is 11.8 Å². The minimum absolute atomic E-state index is 0.0314. The van der Waals surface area contributed by atoms with Gasteiger partial charge in [0.25, 0.3) is 0 Å². The van der Waals surface area contributed by atoms with E-state index < -0.39 is 42.0 Å². The van der Waals surface area contributed by atoms with Gasteiger partial charge >= 0.3 is 11.9 Å². The number of carboxylic acid groups (broad SMARTS) is 1. The van der Waals surface area contributed by atoms with Gasteiger partial charge in [-0.25, -0.2) is 0 Å². The summed E-state index contributed by atoms with van der Waals surface area (Å²) in [6.45, 7) is 10.7. The maximum absolute atomic E-state index is 12.6. The molecular formula is C35H54N2O12. The Kier molecular flexibility index (Phi) is 16.4. The van der Waals surface area contributed by atoms with E-state index >= 15 is 0 Å². The highest BCUT2D eigenvalue weighted by atomic mass is 16.6. The van der Waals surface area contributed by atoms with Crippen molar-refractivity contribution in [3.05, 3.63) is 36.0 Å². The quantitative estimate of drug-likeness (QED) is 0.0506. The number of carbonyl (C=O) groups excluding carboxylic acids is 3. The first-order valence-electron chi connectivity index (χ1n) is 17.1. The molecule has 0 aromatic heterocycles. The average molecular weight is 695 g/mol. The lowest BCUT2D eigenvalue weighted by Gasteiger charge is -2.39. The zero-order valence-electron chi connectivity index (χ0n) is 29.3. The van der Waals surface area contributed by atoms with Gasteiger partial charge in [0.05, 0.1) is 70.2 Å². The summed E-state index contributed by atoms with van der Waals surface area (Å²) >= 11 is 0. The average Bonchev–Trinajstić information content (AvgIpc) is 3.80. The summed E-state index contributed by atoms with van der Waals surface area (Å²) in [6, 6.07) is -0.147. The lowest BCUT2D eigenvalue weighted by molar-refractivity contribution is -0.145. The van der Waals surface area contributed by atoms with Crippen LogP contribution in [0.1, 0.15) is 66.7 Å². The Hall–Kier alpha value is -3.14. The molecule has 3 aliphatic rings. The number of amides is 2. The van der Waals surface area contributed by atoms with E-state index in [-0.39, 0.29) is 62.0 Å². The van der Waals surface area contributed by atoms with Crippen LogP contribution in [0.2, 0.25) is 0 Å². The molecule has 3 saturated heterocycles. The second-order valence-electron chi connectivity index (χ2n) is 13.1. The Bertz CT molecular complexity index is 1200. The van der Waals surface area contributed by atoms with Crippen molar-refractivity contribution < 1.29 is 57.8 Å². The molecule has 0 saturated carbocycles. The molecule has 276 valence electrons. The van der Waals surface area contributed by atoms with Gasteiger partial charge in [0.15, 0.2) is 0 Å². The van der Waals surface area contributed by atoms with Crippen molar-refractivity contribution >= 4 is 23.8 Å². The molecule has 1 spiro atoms. The lowest BCUT2D eigenvalue weighted by atomic mass is 9.87.